The molecule has 9 heteroatoms. The van der Waals surface area contributed by atoms with Crippen molar-refractivity contribution in [3.05, 3.63) is 23.2 Å². The number of carbonyl (C=O) groups excluding carboxylic acids is 1. The molecule has 0 saturated carbocycles. The molecular formula is C14H18N4O3S2. The van der Waals surface area contributed by atoms with E-state index in [9.17, 15) is 13.2 Å². The topological polar surface area (TPSA) is 105 Å². The van der Waals surface area contributed by atoms with Crippen LogP contribution in [0.15, 0.2) is 23.1 Å². The standard InChI is InChI=1S/C14H18N4O3S2/c1-8-17-11-4-3-10(6-13(11)22-8)23(20,21)18-7-9(15)5-12(18)14(19)16-2/h3-4,6,9,12H,5,7,15H2,1-2H3,(H,16,19)/t9-,12+/m1/s1. The number of hydrogen-bond donors (Lipinski definition) is 2. The number of aromatic nitrogens is 1. The number of fused-ring (bicyclic) bond motifs is 1. The normalized spacial score (nSPS) is 22.6. The maximum Gasteiger partial charge on any atom is 0.243 e. The summed E-state index contributed by atoms with van der Waals surface area (Å²) in [7, 11) is -2.30. The molecule has 2 atom stereocenters. The van der Waals surface area contributed by atoms with E-state index in [-0.39, 0.29) is 23.4 Å². The lowest BCUT2D eigenvalue weighted by Gasteiger charge is -2.22. The van der Waals surface area contributed by atoms with Gasteiger partial charge in [-0.3, -0.25) is 4.79 Å². The Bertz CT molecular complexity index is 862. The molecule has 1 aliphatic heterocycles. The van der Waals surface area contributed by atoms with E-state index in [2.05, 4.69) is 10.3 Å². The maximum absolute atomic E-state index is 12.9. The Balaban J connectivity index is 2.02. The molecule has 1 amide bonds. The van der Waals surface area contributed by atoms with Gasteiger partial charge in [-0.05, 0) is 31.5 Å². The molecule has 0 unspecified atom stereocenters. The highest BCUT2D eigenvalue weighted by molar-refractivity contribution is 7.89. The molecular weight excluding hydrogens is 336 g/mol. The third kappa shape index (κ3) is 2.85. The number of rotatable bonds is 3. The highest BCUT2D eigenvalue weighted by atomic mass is 32.2. The number of hydrogen-bond acceptors (Lipinski definition) is 6. The molecule has 0 spiro atoms. The van der Waals surface area contributed by atoms with E-state index in [1.165, 1.54) is 28.8 Å². The second kappa shape index (κ2) is 5.82. The fourth-order valence-corrected chi connectivity index (χ4v) is 5.45. The van der Waals surface area contributed by atoms with Gasteiger partial charge in [-0.25, -0.2) is 13.4 Å². The molecule has 1 fully saturated rings. The number of thiazole rings is 1. The van der Waals surface area contributed by atoms with Gasteiger partial charge >= 0.3 is 0 Å². The van der Waals surface area contributed by atoms with Gasteiger partial charge < -0.3 is 11.1 Å². The van der Waals surface area contributed by atoms with Crippen LogP contribution in [-0.2, 0) is 14.8 Å². The van der Waals surface area contributed by atoms with Crippen LogP contribution < -0.4 is 11.1 Å². The lowest BCUT2D eigenvalue weighted by molar-refractivity contribution is -0.123. The van der Waals surface area contributed by atoms with Crippen molar-refractivity contribution in [2.75, 3.05) is 13.6 Å². The fraction of sp³-hybridized carbons (Fsp3) is 0.429. The number of nitrogens with zero attached hydrogens (tertiary/aromatic N) is 2. The first-order valence-electron chi connectivity index (χ1n) is 7.19. The van der Waals surface area contributed by atoms with Gasteiger partial charge in [0.1, 0.15) is 6.04 Å². The third-order valence-corrected chi connectivity index (χ3v) is 6.71. The van der Waals surface area contributed by atoms with Crippen molar-refractivity contribution in [2.45, 2.75) is 30.3 Å². The predicted octanol–water partition coefficient (Wildman–Crippen LogP) is 0.441. The minimum absolute atomic E-state index is 0.139. The lowest BCUT2D eigenvalue weighted by atomic mass is 10.2. The van der Waals surface area contributed by atoms with Gasteiger partial charge in [0, 0.05) is 19.6 Å². The van der Waals surface area contributed by atoms with Crippen molar-refractivity contribution in [1.29, 1.82) is 0 Å². The third-order valence-electron chi connectivity index (χ3n) is 3.91. The number of sulfonamides is 1. The van der Waals surface area contributed by atoms with Gasteiger partial charge in [-0.15, -0.1) is 11.3 Å². The van der Waals surface area contributed by atoms with E-state index in [4.69, 9.17) is 5.73 Å². The molecule has 124 valence electrons. The zero-order chi connectivity index (χ0) is 16.8. The van der Waals surface area contributed by atoms with E-state index < -0.39 is 16.1 Å². The second-order valence-corrected chi connectivity index (χ2v) is 8.69. The second-order valence-electron chi connectivity index (χ2n) is 5.56. The summed E-state index contributed by atoms with van der Waals surface area (Å²) < 4.78 is 27.9. The molecule has 0 bridgehead atoms. The van der Waals surface area contributed by atoms with Crippen molar-refractivity contribution in [1.82, 2.24) is 14.6 Å². The Labute approximate surface area is 138 Å². The number of amides is 1. The van der Waals surface area contributed by atoms with Gasteiger partial charge in [0.25, 0.3) is 0 Å². The van der Waals surface area contributed by atoms with Crippen LogP contribution in [0, 0.1) is 6.92 Å². The number of carbonyl (C=O) groups is 1. The fourth-order valence-electron chi connectivity index (χ4n) is 2.82. The van der Waals surface area contributed by atoms with E-state index in [0.29, 0.717) is 6.42 Å². The molecule has 2 aromatic rings. The Kier molecular flexibility index (Phi) is 4.13. The van der Waals surface area contributed by atoms with Crippen LogP contribution >= 0.6 is 11.3 Å². The summed E-state index contributed by atoms with van der Waals surface area (Å²) in [6, 6.07) is 3.72. The average molecular weight is 354 g/mol. The van der Waals surface area contributed by atoms with Crippen molar-refractivity contribution < 1.29 is 13.2 Å². The molecule has 2 heterocycles. The van der Waals surface area contributed by atoms with Crippen LogP contribution in [0.1, 0.15) is 11.4 Å². The smallest absolute Gasteiger partial charge is 0.243 e. The predicted molar refractivity (Wildman–Crippen MR) is 88.7 cm³/mol. The Morgan fingerprint density at radius 1 is 1.48 bits per heavy atom. The summed E-state index contributed by atoms with van der Waals surface area (Å²) >= 11 is 1.44. The first kappa shape index (κ1) is 16.3. The number of nitrogens with one attached hydrogen (secondary N) is 1. The van der Waals surface area contributed by atoms with Crippen LogP contribution in [0.2, 0.25) is 0 Å². The number of benzene rings is 1. The molecule has 3 rings (SSSR count). The van der Waals surface area contributed by atoms with Gasteiger partial charge in [-0.2, -0.15) is 4.31 Å². The number of nitrogens with two attached hydrogens (primary N) is 1. The minimum atomic E-state index is -3.79. The highest BCUT2D eigenvalue weighted by Crippen LogP contribution is 2.29. The maximum atomic E-state index is 12.9. The van der Waals surface area contributed by atoms with E-state index >= 15 is 0 Å². The summed E-state index contributed by atoms with van der Waals surface area (Å²) in [6.45, 7) is 2.01. The van der Waals surface area contributed by atoms with Gasteiger partial charge in [-0.1, -0.05) is 0 Å². The molecule has 1 aromatic heterocycles. The molecule has 0 aliphatic carbocycles. The van der Waals surface area contributed by atoms with E-state index in [1.54, 1.807) is 12.1 Å². The summed E-state index contributed by atoms with van der Waals surface area (Å²) in [5, 5.41) is 3.38. The number of likely N-dealkylation sites (N-methyl/N-ethyl adjacent to an activating group) is 1. The summed E-state index contributed by atoms with van der Waals surface area (Å²) in [5.74, 6) is -0.337. The van der Waals surface area contributed by atoms with Crippen molar-refractivity contribution in [3.63, 3.8) is 0 Å². The SMILES string of the molecule is CNC(=O)[C@@H]1C[C@@H](N)CN1S(=O)(=O)c1ccc2nc(C)sc2c1. The summed E-state index contributed by atoms with van der Waals surface area (Å²) in [5.41, 5.74) is 6.65. The molecule has 1 saturated heterocycles. The largest absolute Gasteiger partial charge is 0.358 e. The lowest BCUT2D eigenvalue weighted by Crippen LogP contribution is -2.44. The van der Waals surface area contributed by atoms with Crippen LogP contribution in [-0.4, -0.2) is 49.3 Å². The first-order valence-corrected chi connectivity index (χ1v) is 9.45. The first-order chi connectivity index (χ1) is 10.8. The Morgan fingerprint density at radius 3 is 2.91 bits per heavy atom. The van der Waals surface area contributed by atoms with Gasteiger partial charge in [0.2, 0.25) is 15.9 Å². The van der Waals surface area contributed by atoms with Crippen LogP contribution in [0.5, 0.6) is 0 Å². The molecule has 1 aromatic carbocycles. The molecule has 23 heavy (non-hydrogen) atoms. The van der Waals surface area contributed by atoms with Gasteiger partial charge in [0.15, 0.2) is 0 Å². The summed E-state index contributed by atoms with van der Waals surface area (Å²) in [6.07, 6.45) is 0.320. The van der Waals surface area contributed by atoms with Crippen molar-refractivity contribution in [3.8, 4) is 0 Å². The van der Waals surface area contributed by atoms with E-state index in [1.807, 2.05) is 6.92 Å². The van der Waals surface area contributed by atoms with Crippen LogP contribution in [0.3, 0.4) is 0 Å². The van der Waals surface area contributed by atoms with Crippen molar-refractivity contribution in [2.24, 2.45) is 5.73 Å². The molecule has 1 aliphatic rings. The quantitative estimate of drug-likeness (QED) is 0.832. The highest BCUT2D eigenvalue weighted by Gasteiger charge is 2.42. The van der Waals surface area contributed by atoms with Gasteiger partial charge in [0.05, 0.1) is 20.1 Å². The molecule has 7 nitrogen and oxygen atoms in total. The average Bonchev–Trinajstić information content (AvgIpc) is 3.07. The molecule has 0 radical (unpaired) electrons. The zero-order valence-electron chi connectivity index (χ0n) is 12.8. The minimum Gasteiger partial charge on any atom is -0.358 e. The van der Waals surface area contributed by atoms with E-state index in [0.717, 1.165) is 15.2 Å². The molecule has 3 N–H and O–H groups in total. The zero-order valence-corrected chi connectivity index (χ0v) is 14.4. The monoisotopic (exact) mass is 354 g/mol. The van der Waals surface area contributed by atoms with Crippen LogP contribution in [0.4, 0.5) is 0 Å². The Morgan fingerprint density at radius 2 is 2.22 bits per heavy atom. The van der Waals surface area contributed by atoms with Crippen LogP contribution in [0.25, 0.3) is 10.2 Å². The summed E-state index contributed by atoms with van der Waals surface area (Å²) in [4.78, 5) is 16.5. The number of aryl methyl sites for hydroxylation is 1. The van der Waals surface area contributed by atoms with Crippen molar-refractivity contribution >= 4 is 37.5 Å². The Hall–Kier alpha value is -1.55.